The molecule has 0 aliphatic heterocycles. The van der Waals surface area contributed by atoms with Gasteiger partial charge in [-0.1, -0.05) is 73.3 Å². The Hall–Kier alpha value is -2.08. The van der Waals surface area contributed by atoms with E-state index in [0.717, 1.165) is 22.3 Å². The molecule has 0 atom stereocenters. The van der Waals surface area contributed by atoms with Gasteiger partial charge < -0.3 is 0 Å². The van der Waals surface area contributed by atoms with Crippen LogP contribution in [-0.4, -0.2) is 0 Å². The lowest BCUT2D eigenvalue weighted by atomic mass is 9.95. The normalized spacial score (nSPS) is 9.94. The van der Waals surface area contributed by atoms with Crippen molar-refractivity contribution in [2.24, 2.45) is 0 Å². The highest BCUT2D eigenvalue weighted by molar-refractivity contribution is 6.02. The second-order valence-electron chi connectivity index (χ2n) is 4.19. The van der Waals surface area contributed by atoms with Gasteiger partial charge in [0.1, 0.15) is 0 Å². The molecule has 0 nitrogen and oxygen atoms in total. The first-order valence-corrected chi connectivity index (χ1v) is 5.69. The van der Waals surface area contributed by atoms with E-state index >= 15 is 0 Å². The van der Waals surface area contributed by atoms with Crippen LogP contribution in [0.15, 0.2) is 67.8 Å². The predicted molar refractivity (Wildman–Crippen MR) is 75.7 cm³/mol. The lowest BCUT2D eigenvalue weighted by molar-refractivity contribution is 1.46. The van der Waals surface area contributed by atoms with Crippen LogP contribution in [-0.2, 0) is 0 Å². The quantitative estimate of drug-likeness (QED) is 0.656. The summed E-state index contributed by atoms with van der Waals surface area (Å²) in [4.78, 5) is 0. The average molecular weight is 220 g/mol. The molecule has 0 heterocycles. The van der Waals surface area contributed by atoms with Crippen LogP contribution < -0.4 is 0 Å². The number of hydrogen-bond acceptors (Lipinski definition) is 0. The van der Waals surface area contributed by atoms with Gasteiger partial charge in [0.2, 0.25) is 0 Å². The number of rotatable bonds is 3. The molecule has 0 amide bonds. The molecule has 0 unspecified atom stereocenters. The molecular formula is C17H16. The molecule has 0 bridgehead atoms. The zero-order valence-electron chi connectivity index (χ0n) is 10.1. The highest BCUT2D eigenvalue weighted by atomic mass is 14.1. The lowest BCUT2D eigenvalue weighted by Gasteiger charge is -2.10. The van der Waals surface area contributed by atoms with Crippen LogP contribution in [0.3, 0.4) is 0 Å². The SMILES string of the molecule is C=C(C(=C)c1ccc(C)cc1)c1ccccc1. The molecule has 2 aromatic carbocycles. The van der Waals surface area contributed by atoms with E-state index in [1.165, 1.54) is 5.56 Å². The summed E-state index contributed by atoms with van der Waals surface area (Å²) in [5, 5.41) is 0. The third-order valence-corrected chi connectivity index (χ3v) is 2.89. The van der Waals surface area contributed by atoms with Gasteiger partial charge in [-0.15, -0.1) is 0 Å². The maximum Gasteiger partial charge on any atom is -0.0183 e. The van der Waals surface area contributed by atoms with Crippen molar-refractivity contribution in [3.05, 3.63) is 84.4 Å². The van der Waals surface area contributed by atoms with E-state index in [0.29, 0.717) is 0 Å². The molecule has 0 spiro atoms. The molecule has 0 saturated carbocycles. The summed E-state index contributed by atoms with van der Waals surface area (Å²) in [7, 11) is 0. The van der Waals surface area contributed by atoms with E-state index in [4.69, 9.17) is 0 Å². The molecule has 0 aliphatic carbocycles. The van der Waals surface area contributed by atoms with Gasteiger partial charge in [0.15, 0.2) is 0 Å². The van der Waals surface area contributed by atoms with Gasteiger partial charge in [0.05, 0.1) is 0 Å². The molecular weight excluding hydrogens is 204 g/mol. The number of aryl methyl sites for hydroxylation is 1. The smallest absolute Gasteiger partial charge is 0.0183 e. The predicted octanol–water partition coefficient (Wildman–Crippen LogP) is 4.72. The molecule has 2 aromatic rings. The van der Waals surface area contributed by atoms with Crippen molar-refractivity contribution < 1.29 is 0 Å². The van der Waals surface area contributed by atoms with E-state index < -0.39 is 0 Å². The Morgan fingerprint density at radius 3 is 1.71 bits per heavy atom. The van der Waals surface area contributed by atoms with Gasteiger partial charge >= 0.3 is 0 Å². The minimum Gasteiger partial charge on any atom is -0.0906 e. The van der Waals surface area contributed by atoms with Crippen LogP contribution in [0, 0.1) is 6.92 Å². The Morgan fingerprint density at radius 2 is 1.18 bits per heavy atom. The van der Waals surface area contributed by atoms with Crippen LogP contribution in [0.5, 0.6) is 0 Å². The summed E-state index contributed by atoms with van der Waals surface area (Å²) in [6, 6.07) is 18.5. The van der Waals surface area contributed by atoms with Gasteiger partial charge in [-0.3, -0.25) is 0 Å². The third-order valence-electron chi connectivity index (χ3n) is 2.89. The van der Waals surface area contributed by atoms with Crippen molar-refractivity contribution >= 4 is 11.1 Å². The molecule has 0 heteroatoms. The highest BCUT2D eigenvalue weighted by Crippen LogP contribution is 2.27. The summed E-state index contributed by atoms with van der Waals surface area (Å²) in [5.74, 6) is 0. The fraction of sp³-hybridized carbons (Fsp3) is 0.0588. The van der Waals surface area contributed by atoms with Crippen molar-refractivity contribution in [3.8, 4) is 0 Å². The molecule has 2 rings (SSSR count). The first-order chi connectivity index (χ1) is 8.18. The Balaban J connectivity index is 2.27. The summed E-state index contributed by atoms with van der Waals surface area (Å²) >= 11 is 0. The Labute approximate surface area is 103 Å². The molecule has 0 aromatic heterocycles. The van der Waals surface area contributed by atoms with Crippen molar-refractivity contribution in [3.63, 3.8) is 0 Å². The molecule has 17 heavy (non-hydrogen) atoms. The largest absolute Gasteiger partial charge is 0.0906 e. The van der Waals surface area contributed by atoms with Gasteiger partial charge in [0.25, 0.3) is 0 Å². The monoisotopic (exact) mass is 220 g/mol. The van der Waals surface area contributed by atoms with Crippen molar-refractivity contribution in [2.45, 2.75) is 6.92 Å². The van der Waals surface area contributed by atoms with Crippen LogP contribution in [0.2, 0.25) is 0 Å². The first-order valence-electron chi connectivity index (χ1n) is 5.69. The molecule has 0 aliphatic rings. The van der Waals surface area contributed by atoms with E-state index in [1.54, 1.807) is 0 Å². The maximum absolute atomic E-state index is 4.13. The zero-order chi connectivity index (χ0) is 12.3. The fourth-order valence-corrected chi connectivity index (χ4v) is 1.74. The lowest BCUT2D eigenvalue weighted by Crippen LogP contribution is -1.87. The van der Waals surface area contributed by atoms with Crippen molar-refractivity contribution in [2.75, 3.05) is 0 Å². The summed E-state index contributed by atoms with van der Waals surface area (Å²) in [6.45, 7) is 10.3. The zero-order valence-corrected chi connectivity index (χ0v) is 10.1. The number of benzene rings is 2. The van der Waals surface area contributed by atoms with Crippen LogP contribution in [0.4, 0.5) is 0 Å². The van der Waals surface area contributed by atoms with Gasteiger partial charge in [-0.2, -0.15) is 0 Å². The minimum atomic E-state index is 0.981. The van der Waals surface area contributed by atoms with Crippen molar-refractivity contribution in [1.82, 2.24) is 0 Å². The third kappa shape index (κ3) is 2.54. The number of hydrogen-bond donors (Lipinski definition) is 0. The molecule has 84 valence electrons. The topological polar surface area (TPSA) is 0 Å². The van der Waals surface area contributed by atoms with E-state index in [2.05, 4.69) is 56.5 Å². The highest BCUT2D eigenvalue weighted by Gasteiger charge is 2.05. The summed E-state index contributed by atoms with van der Waals surface area (Å²) in [6.07, 6.45) is 0. The summed E-state index contributed by atoms with van der Waals surface area (Å²) < 4.78 is 0. The molecule has 0 radical (unpaired) electrons. The van der Waals surface area contributed by atoms with E-state index in [-0.39, 0.29) is 0 Å². The second kappa shape index (κ2) is 4.84. The molecule has 0 N–H and O–H groups in total. The summed E-state index contributed by atoms with van der Waals surface area (Å²) in [5.41, 5.74) is 5.47. The molecule has 0 saturated heterocycles. The van der Waals surface area contributed by atoms with Gasteiger partial charge in [0, 0.05) is 0 Å². The fourth-order valence-electron chi connectivity index (χ4n) is 1.74. The average Bonchev–Trinajstić information content (AvgIpc) is 2.39. The van der Waals surface area contributed by atoms with Crippen molar-refractivity contribution in [1.29, 1.82) is 0 Å². The van der Waals surface area contributed by atoms with Gasteiger partial charge in [-0.05, 0) is 29.2 Å². The Morgan fingerprint density at radius 1 is 0.706 bits per heavy atom. The first kappa shape index (κ1) is 11.4. The van der Waals surface area contributed by atoms with E-state index in [1.807, 2.05) is 18.2 Å². The van der Waals surface area contributed by atoms with Crippen LogP contribution in [0.1, 0.15) is 16.7 Å². The Bertz CT molecular complexity index is 530. The van der Waals surface area contributed by atoms with Gasteiger partial charge in [-0.25, -0.2) is 0 Å². The molecule has 0 fully saturated rings. The Kier molecular flexibility index (Phi) is 3.24. The standard InChI is InChI=1S/C17H16/c1-13-9-11-17(12-10-13)15(3)14(2)16-7-5-4-6-8-16/h4-12H,2-3H2,1H3. The number of allylic oxidation sites excluding steroid dienone is 2. The minimum absolute atomic E-state index is 0.981. The second-order valence-corrected chi connectivity index (χ2v) is 4.19. The van der Waals surface area contributed by atoms with Crippen LogP contribution in [0.25, 0.3) is 11.1 Å². The maximum atomic E-state index is 4.13. The van der Waals surface area contributed by atoms with Crippen LogP contribution >= 0.6 is 0 Å². The van der Waals surface area contributed by atoms with E-state index in [9.17, 15) is 0 Å².